The van der Waals surface area contributed by atoms with Crippen molar-refractivity contribution >= 4 is 37.5 Å². The Morgan fingerprint density at radius 1 is 1.41 bits per heavy atom. The third-order valence-corrected chi connectivity index (χ3v) is 6.18. The van der Waals surface area contributed by atoms with Gasteiger partial charge in [-0.3, -0.25) is 9.78 Å². The Labute approximate surface area is 130 Å². The molecule has 0 saturated carbocycles. The van der Waals surface area contributed by atoms with Gasteiger partial charge < -0.3 is 5.11 Å². The maximum absolute atomic E-state index is 12.8. The molecule has 8 heteroatoms. The van der Waals surface area contributed by atoms with E-state index in [0.29, 0.717) is 21.5 Å². The summed E-state index contributed by atoms with van der Waals surface area (Å²) in [5, 5.41) is 11.5. The molecule has 0 atom stereocenters. The lowest BCUT2D eigenvalue weighted by Gasteiger charge is -2.09. The number of rotatable bonds is 4. The second-order valence-electron chi connectivity index (χ2n) is 4.73. The molecule has 0 aliphatic carbocycles. The molecule has 0 aromatic carbocycles. The fourth-order valence-corrected chi connectivity index (χ4v) is 5.18. The average molecular weight is 336 g/mol. The molecule has 0 radical (unpaired) electrons. The topological polar surface area (TPSA) is 89.3 Å². The minimum absolute atomic E-state index is 0.0743. The number of hydrogen-bond acceptors (Lipinski definition) is 5. The molecule has 3 aromatic heterocycles. The van der Waals surface area contributed by atoms with E-state index in [1.807, 2.05) is 0 Å². The lowest BCUT2D eigenvalue weighted by Crippen LogP contribution is -2.15. The maximum Gasteiger partial charge on any atom is 0.307 e. The lowest BCUT2D eigenvalue weighted by molar-refractivity contribution is -0.136. The molecule has 22 heavy (non-hydrogen) atoms. The van der Waals surface area contributed by atoms with Crippen molar-refractivity contribution in [1.82, 2.24) is 8.96 Å². The molecule has 1 N–H and O–H groups in total. The van der Waals surface area contributed by atoms with E-state index in [-0.39, 0.29) is 11.3 Å². The molecule has 0 spiro atoms. The lowest BCUT2D eigenvalue weighted by atomic mass is 10.1. The Balaban J connectivity index is 2.30. The molecular formula is C14H12N2O4S2. The van der Waals surface area contributed by atoms with Crippen molar-refractivity contribution in [3.8, 4) is 0 Å². The van der Waals surface area contributed by atoms with E-state index < -0.39 is 16.0 Å². The molecular weight excluding hydrogens is 324 g/mol. The van der Waals surface area contributed by atoms with Crippen molar-refractivity contribution in [2.45, 2.75) is 18.2 Å². The normalized spacial score (nSPS) is 11.9. The summed E-state index contributed by atoms with van der Waals surface area (Å²) in [6.45, 7) is 1.62. The summed E-state index contributed by atoms with van der Waals surface area (Å²) in [5.41, 5.74) is 0.948. The minimum atomic E-state index is -3.81. The molecule has 6 nitrogen and oxygen atoms in total. The highest BCUT2D eigenvalue weighted by Gasteiger charge is 2.26. The van der Waals surface area contributed by atoms with Crippen molar-refractivity contribution in [3.05, 3.63) is 47.2 Å². The zero-order chi connectivity index (χ0) is 15.9. The quantitative estimate of drug-likeness (QED) is 0.789. The SMILES string of the molecule is Cc1c(CC(=O)O)c2ccsc2n1S(=O)(=O)c1cccnc1. The van der Waals surface area contributed by atoms with Crippen LogP contribution in [0.3, 0.4) is 0 Å². The predicted octanol–water partition coefficient (Wildman–Crippen LogP) is 2.27. The van der Waals surface area contributed by atoms with E-state index in [9.17, 15) is 13.2 Å². The molecule has 3 heterocycles. The number of carbonyl (C=O) groups is 1. The van der Waals surface area contributed by atoms with E-state index in [1.54, 1.807) is 24.4 Å². The third kappa shape index (κ3) is 2.20. The van der Waals surface area contributed by atoms with Crippen molar-refractivity contribution in [2.75, 3.05) is 0 Å². The summed E-state index contributed by atoms with van der Waals surface area (Å²) in [6, 6.07) is 4.77. The van der Waals surface area contributed by atoms with Crippen LogP contribution in [0.5, 0.6) is 0 Å². The van der Waals surface area contributed by atoms with Gasteiger partial charge in [0.25, 0.3) is 10.0 Å². The van der Waals surface area contributed by atoms with E-state index in [4.69, 9.17) is 5.11 Å². The van der Waals surface area contributed by atoms with Crippen LogP contribution in [0.2, 0.25) is 0 Å². The monoisotopic (exact) mass is 336 g/mol. The molecule has 0 amide bonds. The smallest absolute Gasteiger partial charge is 0.307 e. The Kier molecular flexibility index (Phi) is 3.50. The number of nitrogens with zero attached hydrogens (tertiary/aromatic N) is 2. The van der Waals surface area contributed by atoms with Gasteiger partial charge in [-0.1, -0.05) is 0 Å². The maximum atomic E-state index is 12.8. The number of thiophene rings is 1. The zero-order valence-corrected chi connectivity index (χ0v) is 13.2. The summed E-state index contributed by atoms with van der Waals surface area (Å²) in [7, 11) is -3.81. The molecule has 3 rings (SSSR count). The number of carboxylic acid groups (broad SMARTS) is 1. The fourth-order valence-electron chi connectivity index (χ4n) is 2.43. The van der Waals surface area contributed by atoms with Crippen LogP contribution in [0.1, 0.15) is 11.3 Å². The number of aromatic nitrogens is 2. The fraction of sp³-hybridized carbons (Fsp3) is 0.143. The molecule has 0 saturated heterocycles. The molecule has 3 aromatic rings. The van der Waals surface area contributed by atoms with Crippen LogP contribution in [0, 0.1) is 6.92 Å². The number of pyridine rings is 1. The average Bonchev–Trinajstić information content (AvgIpc) is 3.02. The van der Waals surface area contributed by atoms with E-state index in [0.717, 1.165) is 0 Å². The Morgan fingerprint density at radius 2 is 2.18 bits per heavy atom. The van der Waals surface area contributed by atoms with Gasteiger partial charge >= 0.3 is 5.97 Å². The van der Waals surface area contributed by atoms with Gasteiger partial charge in [0.2, 0.25) is 0 Å². The molecule has 0 unspecified atom stereocenters. The van der Waals surface area contributed by atoms with Gasteiger partial charge in [0, 0.05) is 23.5 Å². The first-order valence-corrected chi connectivity index (χ1v) is 8.69. The Hall–Kier alpha value is -2.19. The van der Waals surface area contributed by atoms with Crippen LogP contribution < -0.4 is 0 Å². The summed E-state index contributed by atoms with van der Waals surface area (Å²) < 4.78 is 26.9. The number of carboxylic acids is 1. The van der Waals surface area contributed by atoms with E-state index in [2.05, 4.69) is 4.98 Å². The van der Waals surface area contributed by atoms with E-state index in [1.165, 1.54) is 33.8 Å². The predicted molar refractivity (Wildman–Crippen MR) is 82.7 cm³/mol. The minimum Gasteiger partial charge on any atom is -0.481 e. The van der Waals surface area contributed by atoms with Crippen molar-refractivity contribution in [1.29, 1.82) is 0 Å². The third-order valence-electron chi connectivity index (χ3n) is 3.40. The summed E-state index contributed by atoms with van der Waals surface area (Å²) >= 11 is 1.27. The summed E-state index contributed by atoms with van der Waals surface area (Å²) in [6.07, 6.45) is 2.57. The highest BCUT2D eigenvalue weighted by atomic mass is 32.2. The first-order valence-electron chi connectivity index (χ1n) is 6.37. The van der Waals surface area contributed by atoms with E-state index >= 15 is 0 Å². The molecule has 0 aliphatic rings. The molecule has 114 valence electrons. The largest absolute Gasteiger partial charge is 0.481 e. The number of aliphatic carboxylic acids is 1. The second-order valence-corrected chi connectivity index (χ2v) is 7.41. The van der Waals surface area contributed by atoms with Crippen LogP contribution in [-0.2, 0) is 21.2 Å². The van der Waals surface area contributed by atoms with Gasteiger partial charge in [-0.05, 0) is 36.1 Å². The van der Waals surface area contributed by atoms with Gasteiger partial charge in [0.1, 0.15) is 9.73 Å². The van der Waals surface area contributed by atoms with Crippen molar-refractivity contribution in [2.24, 2.45) is 0 Å². The second kappa shape index (κ2) is 5.22. The first kappa shape index (κ1) is 14.7. The number of fused-ring (bicyclic) bond motifs is 1. The van der Waals surface area contributed by atoms with Gasteiger partial charge in [0.05, 0.1) is 6.42 Å². The van der Waals surface area contributed by atoms with Gasteiger partial charge in [-0.2, -0.15) is 0 Å². The van der Waals surface area contributed by atoms with Gasteiger partial charge in [0.15, 0.2) is 0 Å². The highest BCUT2D eigenvalue weighted by Crippen LogP contribution is 2.33. The van der Waals surface area contributed by atoms with Gasteiger partial charge in [-0.25, -0.2) is 12.4 Å². The standard InChI is InChI=1S/C14H12N2O4S2/c1-9-12(7-13(17)18)11-4-6-21-14(11)16(9)22(19,20)10-3-2-5-15-8-10/h2-6,8H,7H2,1H3,(H,17,18). The first-order chi connectivity index (χ1) is 10.4. The molecule has 0 bridgehead atoms. The summed E-state index contributed by atoms with van der Waals surface area (Å²) in [5.74, 6) is -0.993. The Morgan fingerprint density at radius 3 is 2.82 bits per heavy atom. The van der Waals surface area contributed by atoms with Crippen LogP contribution in [0.15, 0.2) is 40.9 Å². The van der Waals surface area contributed by atoms with Crippen LogP contribution >= 0.6 is 11.3 Å². The summed E-state index contributed by atoms with van der Waals surface area (Å²) in [4.78, 5) is 15.5. The zero-order valence-electron chi connectivity index (χ0n) is 11.6. The van der Waals surface area contributed by atoms with Crippen LogP contribution in [0.25, 0.3) is 10.2 Å². The number of hydrogen-bond donors (Lipinski definition) is 1. The van der Waals surface area contributed by atoms with Crippen LogP contribution in [-0.4, -0.2) is 28.5 Å². The molecule has 0 fully saturated rings. The van der Waals surface area contributed by atoms with Gasteiger partial charge in [-0.15, -0.1) is 11.3 Å². The van der Waals surface area contributed by atoms with Crippen molar-refractivity contribution < 1.29 is 18.3 Å². The highest BCUT2D eigenvalue weighted by molar-refractivity contribution is 7.90. The molecule has 0 aliphatic heterocycles. The Bertz CT molecular complexity index is 956. The van der Waals surface area contributed by atoms with Crippen LogP contribution in [0.4, 0.5) is 0 Å². The van der Waals surface area contributed by atoms with Crippen molar-refractivity contribution in [3.63, 3.8) is 0 Å².